The molecule has 0 aromatic carbocycles. The van der Waals surface area contributed by atoms with Gasteiger partial charge in [-0.3, -0.25) is 4.99 Å². The minimum atomic E-state index is -1.41. The van der Waals surface area contributed by atoms with E-state index in [1.54, 1.807) is 11.8 Å². The number of nitrogens with two attached hydrogens (primary N) is 1. The average molecular weight is 545 g/mol. The Morgan fingerprint density at radius 1 is 0.971 bits per heavy atom. The Labute approximate surface area is 214 Å². The molecule has 2 aliphatic rings. The molecule has 2 rings (SSSR count). The van der Waals surface area contributed by atoms with Gasteiger partial charge in [-0.25, -0.2) is 0 Å². The first-order valence-electron chi connectivity index (χ1n) is 11.7. The molecule has 35 heavy (non-hydrogen) atoms. The molecule has 0 radical (unpaired) electrons. The summed E-state index contributed by atoms with van der Waals surface area (Å²) in [6.07, 6.45) is -7.85. The zero-order chi connectivity index (χ0) is 26.0. The van der Waals surface area contributed by atoms with Gasteiger partial charge in [-0.2, -0.15) is 11.8 Å². The first-order chi connectivity index (χ1) is 16.7. The van der Waals surface area contributed by atoms with Crippen LogP contribution in [0.1, 0.15) is 19.8 Å². The van der Waals surface area contributed by atoms with Crippen LogP contribution in [0.5, 0.6) is 0 Å². The van der Waals surface area contributed by atoms with Crippen molar-refractivity contribution in [3.63, 3.8) is 0 Å². The molecule has 14 heteroatoms. The van der Waals surface area contributed by atoms with Crippen molar-refractivity contribution in [2.45, 2.75) is 80.3 Å². The van der Waals surface area contributed by atoms with Gasteiger partial charge >= 0.3 is 0 Å². The molecule has 8 N–H and O–H groups in total. The summed E-state index contributed by atoms with van der Waals surface area (Å²) in [6.45, 7) is 2.26. The van der Waals surface area contributed by atoms with E-state index in [9.17, 15) is 30.6 Å². The van der Waals surface area contributed by atoms with Gasteiger partial charge in [-0.05, 0) is 18.6 Å². The first-order valence-corrected chi connectivity index (χ1v) is 13.9. The summed E-state index contributed by atoms with van der Waals surface area (Å²) in [5.74, 6) is 2.16. The molecular weight excluding hydrogens is 504 g/mol. The van der Waals surface area contributed by atoms with Crippen LogP contribution < -0.4 is 5.73 Å². The third-order valence-electron chi connectivity index (χ3n) is 5.82. The van der Waals surface area contributed by atoms with E-state index in [-0.39, 0.29) is 5.75 Å². The summed E-state index contributed by atoms with van der Waals surface area (Å²) in [5.41, 5.74) is 5.07. The van der Waals surface area contributed by atoms with E-state index >= 15 is 0 Å². The summed E-state index contributed by atoms with van der Waals surface area (Å²) in [6, 6.07) is 0. The molecule has 2 saturated heterocycles. The SMILES string of the molecule is CCC1O[C@H](OC)C(OCCCSCCN=C(N)CS[C@H]2OC(CO)C(O)[C@@H](O)[C@H]2O)[C@@H](O)[C@@H]1O. The topological polar surface area (TPSA) is 197 Å². The summed E-state index contributed by atoms with van der Waals surface area (Å²) < 4.78 is 22.1. The molecule has 2 fully saturated rings. The molecule has 2 aliphatic heterocycles. The van der Waals surface area contributed by atoms with Crippen molar-refractivity contribution in [2.24, 2.45) is 10.7 Å². The highest BCUT2D eigenvalue weighted by atomic mass is 32.2. The number of thioether (sulfide) groups is 2. The van der Waals surface area contributed by atoms with Crippen LogP contribution in [0.3, 0.4) is 0 Å². The molecular formula is C21H40N2O10S2. The Bertz CT molecular complexity index is 633. The fraction of sp³-hybridized carbons (Fsp3) is 0.952. The van der Waals surface area contributed by atoms with E-state index in [0.717, 1.165) is 29.7 Å². The maximum absolute atomic E-state index is 10.3. The van der Waals surface area contributed by atoms with Crippen molar-refractivity contribution < 1.29 is 49.6 Å². The third-order valence-corrected chi connectivity index (χ3v) is 8.05. The van der Waals surface area contributed by atoms with Gasteiger partial charge in [0.2, 0.25) is 0 Å². The smallest absolute Gasteiger partial charge is 0.186 e. The molecule has 0 aliphatic carbocycles. The van der Waals surface area contributed by atoms with Crippen LogP contribution in [0.2, 0.25) is 0 Å². The standard InChI is InChI=1S/C21H40N2O10S2/c1-3-11-14(25)17(28)19(20(30-2)32-11)31-6-4-7-34-8-5-23-13(22)10-35-21-18(29)16(27)15(26)12(9-24)33-21/h11-12,14-21,24-29H,3-10H2,1-2H3,(H2,22,23)/t11?,12?,14-,15?,16-,17+,18-,19?,20+,21-/m1/s1. The minimum absolute atomic E-state index is 0.262. The molecule has 10 atom stereocenters. The Hall–Kier alpha value is -0.230. The van der Waals surface area contributed by atoms with Gasteiger partial charge in [0.05, 0.1) is 18.5 Å². The highest BCUT2D eigenvalue weighted by Crippen LogP contribution is 2.28. The van der Waals surface area contributed by atoms with E-state index in [0.29, 0.717) is 25.4 Å². The van der Waals surface area contributed by atoms with Crippen molar-refractivity contribution in [2.75, 3.05) is 44.1 Å². The normalized spacial score (nSPS) is 38.6. The van der Waals surface area contributed by atoms with E-state index in [1.807, 2.05) is 6.92 Å². The zero-order valence-electron chi connectivity index (χ0n) is 20.1. The van der Waals surface area contributed by atoms with Gasteiger partial charge < -0.3 is 55.3 Å². The fourth-order valence-corrected chi connectivity index (χ4v) is 5.52. The Kier molecular flexibility index (Phi) is 14.1. The van der Waals surface area contributed by atoms with Gasteiger partial charge in [-0.15, -0.1) is 11.8 Å². The molecule has 0 saturated carbocycles. The zero-order valence-corrected chi connectivity index (χ0v) is 21.7. The number of hydrogen-bond donors (Lipinski definition) is 7. The van der Waals surface area contributed by atoms with Crippen molar-refractivity contribution in [1.82, 2.24) is 0 Å². The van der Waals surface area contributed by atoms with Gasteiger partial charge in [0, 0.05) is 26.0 Å². The van der Waals surface area contributed by atoms with Crippen molar-refractivity contribution >= 4 is 29.4 Å². The van der Waals surface area contributed by atoms with Gasteiger partial charge in [-0.1, -0.05) is 6.92 Å². The first kappa shape index (κ1) is 31.0. The lowest BCUT2D eigenvalue weighted by Gasteiger charge is -2.41. The van der Waals surface area contributed by atoms with Gasteiger partial charge in [0.15, 0.2) is 6.29 Å². The molecule has 0 aromatic heterocycles. The number of hydrogen-bond acceptors (Lipinski definition) is 13. The van der Waals surface area contributed by atoms with E-state index in [4.69, 9.17) is 24.7 Å². The Morgan fingerprint density at radius 3 is 2.34 bits per heavy atom. The number of aliphatic hydroxyl groups excluding tert-OH is 6. The maximum atomic E-state index is 10.3. The molecule has 4 unspecified atom stereocenters. The summed E-state index contributed by atoms with van der Waals surface area (Å²) in [4.78, 5) is 4.28. The van der Waals surface area contributed by atoms with E-state index in [2.05, 4.69) is 4.99 Å². The number of rotatable bonds is 14. The van der Waals surface area contributed by atoms with Crippen LogP contribution in [0.15, 0.2) is 4.99 Å². The Morgan fingerprint density at radius 2 is 1.69 bits per heavy atom. The Balaban J connectivity index is 1.59. The number of nitrogens with zero attached hydrogens (tertiary/aromatic N) is 1. The number of methoxy groups -OCH3 is 1. The number of amidine groups is 1. The van der Waals surface area contributed by atoms with Crippen molar-refractivity contribution in [1.29, 1.82) is 0 Å². The van der Waals surface area contributed by atoms with E-state index in [1.165, 1.54) is 7.11 Å². The lowest BCUT2D eigenvalue weighted by Crippen LogP contribution is -2.58. The second-order valence-electron chi connectivity index (χ2n) is 8.35. The summed E-state index contributed by atoms with van der Waals surface area (Å²) in [7, 11) is 1.47. The van der Waals surface area contributed by atoms with Gasteiger partial charge in [0.25, 0.3) is 0 Å². The van der Waals surface area contributed by atoms with Crippen LogP contribution in [0.25, 0.3) is 0 Å². The van der Waals surface area contributed by atoms with Crippen LogP contribution in [0, 0.1) is 0 Å². The molecule has 2 heterocycles. The predicted molar refractivity (Wildman–Crippen MR) is 132 cm³/mol. The van der Waals surface area contributed by atoms with Crippen LogP contribution in [-0.4, -0.2) is 141 Å². The minimum Gasteiger partial charge on any atom is -0.394 e. The number of aliphatic hydroxyl groups is 6. The highest BCUT2D eigenvalue weighted by Gasteiger charge is 2.45. The molecule has 206 valence electrons. The van der Waals surface area contributed by atoms with Crippen LogP contribution in [0.4, 0.5) is 0 Å². The summed E-state index contributed by atoms with van der Waals surface area (Å²) in [5, 5.41) is 59.4. The molecule has 0 spiro atoms. The molecule has 0 bridgehead atoms. The van der Waals surface area contributed by atoms with Crippen molar-refractivity contribution in [3.8, 4) is 0 Å². The quantitative estimate of drug-likeness (QED) is 0.0713. The molecule has 0 aromatic rings. The predicted octanol–water partition coefficient (Wildman–Crippen LogP) is -2.11. The number of ether oxygens (including phenoxy) is 4. The molecule has 12 nitrogen and oxygen atoms in total. The van der Waals surface area contributed by atoms with Crippen LogP contribution >= 0.6 is 23.5 Å². The monoisotopic (exact) mass is 544 g/mol. The lowest BCUT2D eigenvalue weighted by atomic mass is 9.97. The fourth-order valence-electron chi connectivity index (χ4n) is 3.76. The third kappa shape index (κ3) is 8.93. The second kappa shape index (κ2) is 15.9. The summed E-state index contributed by atoms with van der Waals surface area (Å²) >= 11 is 2.81. The van der Waals surface area contributed by atoms with E-state index < -0.39 is 67.2 Å². The highest BCUT2D eigenvalue weighted by molar-refractivity contribution is 8.00. The maximum Gasteiger partial charge on any atom is 0.186 e. The van der Waals surface area contributed by atoms with Crippen LogP contribution in [-0.2, 0) is 18.9 Å². The number of aliphatic imine (C=N–C) groups is 1. The van der Waals surface area contributed by atoms with Gasteiger partial charge in [0.1, 0.15) is 54.0 Å². The van der Waals surface area contributed by atoms with Crippen molar-refractivity contribution in [3.05, 3.63) is 0 Å². The molecule has 0 amide bonds. The average Bonchev–Trinajstić information content (AvgIpc) is 2.86. The second-order valence-corrected chi connectivity index (χ2v) is 10.7. The lowest BCUT2D eigenvalue weighted by molar-refractivity contribution is -0.299. The largest absolute Gasteiger partial charge is 0.394 e.